The lowest BCUT2D eigenvalue weighted by Gasteiger charge is -2.31. The molecule has 1 heterocycles. The number of carbonyl (C=O) groups is 1. The van der Waals surface area contributed by atoms with Crippen molar-refractivity contribution < 1.29 is 13.9 Å². The molecule has 0 spiro atoms. The molecule has 1 amide bonds. The number of hydrogen-bond donors (Lipinski definition) is 2. The molecule has 0 aliphatic carbocycles. The van der Waals surface area contributed by atoms with Crippen molar-refractivity contribution in [1.82, 2.24) is 0 Å². The lowest BCUT2D eigenvalue weighted by molar-refractivity contribution is -0.115. The van der Waals surface area contributed by atoms with Crippen molar-refractivity contribution in [3.05, 3.63) is 48.3 Å². The van der Waals surface area contributed by atoms with E-state index in [0.29, 0.717) is 30.3 Å². The van der Waals surface area contributed by atoms with Gasteiger partial charge in [0.25, 0.3) is 0 Å². The zero-order chi connectivity index (χ0) is 15.5. The molecule has 0 saturated heterocycles. The van der Waals surface area contributed by atoms with Gasteiger partial charge in [-0.25, -0.2) is 4.39 Å². The Morgan fingerprint density at radius 1 is 1.27 bits per heavy atom. The van der Waals surface area contributed by atoms with Gasteiger partial charge in [-0.05, 0) is 24.3 Å². The van der Waals surface area contributed by atoms with Crippen molar-refractivity contribution in [3.63, 3.8) is 0 Å². The highest BCUT2D eigenvalue weighted by molar-refractivity contribution is 5.95. The number of nitrogens with two attached hydrogens (primary N) is 1. The van der Waals surface area contributed by atoms with Crippen molar-refractivity contribution >= 4 is 23.0 Å². The SMILES string of the molecule is Nc1cccc2c1N(CC(=O)Nc1ccccc1F)CCO2. The first-order chi connectivity index (χ1) is 10.6. The maximum atomic E-state index is 13.6. The quantitative estimate of drug-likeness (QED) is 0.853. The van der Waals surface area contributed by atoms with Crippen molar-refractivity contribution in [2.45, 2.75) is 0 Å². The standard InChI is InChI=1S/C16H16FN3O2/c17-11-4-1-2-6-13(11)19-15(21)10-20-8-9-22-14-7-3-5-12(18)16(14)20/h1-7H,8-10,18H2,(H,19,21). The van der Waals surface area contributed by atoms with Crippen LogP contribution in [-0.2, 0) is 4.79 Å². The maximum Gasteiger partial charge on any atom is 0.243 e. The third-order valence-electron chi connectivity index (χ3n) is 3.45. The molecule has 114 valence electrons. The van der Waals surface area contributed by atoms with Gasteiger partial charge in [-0.15, -0.1) is 0 Å². The minimum atomic E-state index is -0.460. The molecule has 2 aromatic rings. The van der Waals surface area contributed by atoms with Gasteiger partial charge in [0.15, 0.2) is 0 Å². The van der Waals surface area contributed by atoms with Crippen LogP contribution >= 0.6 is 0 Å². The topological polar surface area (TPSA) is 67.6 Å². The molecule has 3 rings (SSSR count). The first-order valence-corrected chi connectivity index (χ1v) is 6.96. The van der Waals surface area contributed by atoms with Gasteiger partial charge in [-0.2, -0.15) is 0 Å². The summed E-state index contributed by atoms with van der Waals surface area (Å²) in [5, 5.41) is 2.57. The fourth-order valence-electron chi connectivity index (χ4n) is 2.46. The summed E-state index contributed by atoms with van der Waals surface area (Å²) in [6.45, 7) is 1.11. The fourth-order valence-corrected chi connectivity index (χ4v) is 2.46. The van der Waals surface area contributed by atoms with Crippen LogP contribution < -0.4 is 20.7 Å². The summed E-state index contributed by atoms with van der Waals surface area (Å²) < 4.78 is 19.1. The van der Waals surface area contributed by atoms with Gasteiger partial charge < -0.3 is 20.7 Å². The molecule has 0 bridgehead atoms. The fraction of sp³-hybridized carbons (Fsp3) is 0.188. The van der Waals surface area contributed by atoms with E-state index in [9.17, 15) is 9.18 Å². The number of nitrogens with one attached hydrogen (secondary N) is 1. The van der Waals surface area contributed by atoms with Crippen LogP contribution in [0.3, 0.4) is 0 Å². The third kappa shape index (κ3) is 2.81. The van der Waals surface area contributed by atoms with Crippen molar-refractivity contribution in [1.29, 1.82) is 0 Å². The molecule has 0 unspecified atom stereocenters. The summed E-state index contributed by atoms with van der Waals surface area (Å²) in [5.41, 5.74) is 7.40. The van der Waals surface area contributed by atoms with E-state index >= 15 is 0 Å². The second-order valence-electron chi connectivity index (χ2n) is 4.99. The van der Waals surface area contributed by atoms with Gasteiger partial charge in [0.2, 0.25) is 5.91 Å². The number of nitrogens with zero attached hydrogens (tertiary/aromatic N) is 1. The van der Waals surface area contributed by atoms with Crippen LogP contribution in [0.4, 0.5) is 21.5 Å². The van der Waals surface area contributed by atoms with Crippen molar-refractivity contribution in [2.75, 3.05) is 35.6 Å². The monoisotopic (exact) mass is 301 g/mol. The van der Waals surface area contributed by atoms with Gasteiger partial charge in [0.1, 0.15) is 23.9 Å². The molecule has 5 nitrogen and oxygen atoms in total. The summed E-state index contributed by atoms with van der Waals surface area (Å²) >= 11 is 0. The van der Waals surface area contributed by atoms with E-state index in [-0.39, 0.29) is 18.1 Å². The Morgan fingerprint density at radius 3 is 2.91 bits per heavy atom. The number of anilines is 3. The second-order valence-corrected chi connectivity index (χ2v) is 4.99. The number of para-hydroxylation sites is 2. The number of halogens is 1. The van der Waals surface area contributed by atoms with E-state index in [1.165, 1.54) is 12.1 Å². The Labute approximate surface area is 127 Å². The Balaban J connectivity index is 1.75. The van der Waals surface area contributed by atoms with E-state index in [0.717, 1.165) is 0 Å². The maximum absolute atomic E-state index is 13.6. The molecule has 1 aliphatic heterocycles. The van der Waals surface area contributed by atoms with Crippen LogP contribution in [0.1, 0.15) is 0 Å². The van der Waals surface area contributed by atoms with Crippen LogP contribution in [0.15, 0.2) is 42.5 Å². The summed E-state index contributed by atoms with van der Waals surface area (Å²) in [6, 6.07) is 11.4. The number of hydrogen-bond acceptors (Lipinski definition) is 4. The van der Waals surface area contributed by atoms with E-state index in [4.69, 9.17) is 10.5 Å². The average Bonchev–Trinajstić information content (AvgIpc) is 2.50. The van der Waals surface area contributed by atoms with E-state index in [2.05, 4.69) is 5.32 Å². The molecule has 1 aliphatic rings. The third-order valence-corrected chi connectivity index (χ3v) is 3.45. The predicted molar refractivity (Wildman–Crippen MR) is 83.6 cm³/mol. The van der Waals surface area contributed by atoms with Gasteiger partial charge in [-0.1, -0.05) is 18.2 Å². The Bertz CT molecular complexity index is 706. The highest BCUT2D eigenvalue weighted by atomic mass is 19.1. The largest absolute Gasteiger partial charge is 0.489 e. The molecule has 22 heavy (non-hydrogen) atoms. The molecule has 0 saturated carbocycles. The highest BCUT2D eigenvalue weighted by Crippen LogP contribution is 2.36. The first kappa shape index (κ1) is 14.2. The van der Waals surface area contributed by atoms with Gasteiger partial charge >= 0.3 is 0 Å². The van der Waals surface area contributed by atoms with E-state index in [1.807, 2.05) is 11.0 Å². The number of fused-ring (bicyclic) bond motifs is 1. The number of benzene rings is 2. The number of rotatable bonds is 3. The van der Waals surface area contributed by atoms with Crippen LogP contribution in [0.5, 0.6) is 5.75 Å². The number of nitrogen functional groups attached to an aromatic ring is 1. The highest BCUT2D eigenvalue weighted by Gasteiger charge is 2.22. The zero-order valence-electron chi connectivity index (χ0n) is 11.9. The molecular weight excluding hydrogens is 285 g/mol. The van der Waals surface area contributed by atoms with Crippen LogP contribution in [-0.4, -0.2) is 25.6 Å². The molecule has 0 radical (unpaired) electrons. The first-order valence-electron chi connectivity index (χ1n) is 6.96. The van der Waals surface area contributed by atoms with E-state index in [1.54, 1.807) is 24.3 Å². The van der Waals surface area contributed by atoms with Crippen molar-refractivity contribution in [2.24, 2.45) is 0 Å². The number of carbonyl (C=O) groups excluding carboxylic acids is 1. The minimum Gasteiger partial charge on any atom is -0.489 e. The minimum absolute atomic E-state index is 0.0822. The van der Waals surface area contributed by atoms with Gasteiger partial charge in [0.05, 0.1) is 24.5 Å². The van der Waals surface area contributed by atoms with Crippen LogP contribution in [0.2, 0.25) is 0 Å². The number of ether oxygens (including phenoxy) is 1. The average molecular weight is 301 g/mol. The van der Waals surface area contributed by atoms with Gasteiger partial charge in [0, 0.05) is 0 Å². The van der Waals surface area contributed by atoms with Crippen molar-refractivity contribution in [3.8, 4) is 5.75 Å². The Hall–Kier alpha value is -2.76. The number of amides is 1. The summed E-state index contributed by atoms with van der Waals surface area (Å²) in [4.78, 5) is 14.0. The lowest BCUT2D eigenvalue weighted by atomic mass is 10.2. The predicted octanol–water partition coefficient (Wildman–Crippen LogP) is 2.25. The van der Waals surface area contributed by atoms with E-state index < -0.39 is 5.82 Å². The second kappa shape index (κ2) is 5.93. The molecule has 2 aromatic carbocycles. The van der Waals surface area contributed by atoms with Crippen LogP contribution in [0, 0.1) is 5.82 Å². The Morgan fingerprint density at radius 2 is 2.09 bits per heavy atom. The molecule has 3 N–H and O–H groups in total. The normalized spacial score (nSPS) is 13.2. The Kier molecular flexibility index (Phi) is 3.82. The smallest absolute Gasteiger partial charge is 0.243 e. The lowest BCUT2D eigenvalue weighted by Crippen LogP contribution is -2.39. The summed E-state index contributed by atoms with van der Waals surface area (Å²) in [6.07, 6.45) is 0. The molecule has 0 fully saturated rings. The van der Waals surface area contributed by atoms with Crippen LogP contribution in [0.25, 0.3) is 0 Å². The van der Waals surface area contributed by atoms with Gasteiger partial charge in [-0.3, -0.25) is 4.79 Å². The zero-order valence-corrected chi connectivity index (χ0v) is 11.9. The molecule has 0 atom stereocenters. The molecular formula is C16H16FN3O2. The summed E-state index contributed by atoms with van der Waals surface area (Å²) in [5.74, 6) is -0.108. The summed E-state index contributed by atoms with van der Waals surface area (Å²) in [7, 11) is 0. The molecule has 6 heteroatoms. The molecule has 0 aromatic heterocycles.